The molecule has 0 unspecified atom stereocenters. The monoisotopic (exact) mass is 442 g/mol. The lowest BCUT2D eigenvalue weighted by molar-refractivity contribution is -0.116. The van der Waals surface area contributed by atoms with Crippen LogP contribution in [0.1, 0.15) is 22.3 Å². The maximum absolute atomic E-state index is 12.9. The van der Waals surface area contributed by atoms with E-state index in [9.17, 15) is 4.79 Å². The van der Waals surface area contributed by atoms with E-state index in [1.165, 1.54) is 0 Å². The Morgan fingerprint density at radius 1 is 0.906 bits per heavy atom. The van der Waals surface area contributed by atoms with Crippen molar-refractivity contribution in [2.24, 2.45) is 0 Å². The van der Waals surface area contributed by atoms with E-state index in [1.807, 2.05) is 66.9 Å². The van der Waals surface area contributed by atoms with Gasteiger partial charge in [-0.2, -0.15) is 5.10 Å². The SMILES string of the molecule is Cc1ccc(NC(=O)Cn2nc(-c3ccccc3)n(-c3cc(C)ccc3C)c2=S)c(C)c1. The van der Waals surface area contributed by atoms with E-state index in [1.54, 1.807) is 4.68 Å². The van der Waals surface area contributed by atoms with Crippen LogP contribution in [0.2, 0.25) is 0 Å². The van der Waals surface area contributed by atoms with E-state index in [2.05, 4.69) is 37.4 Å². The van der Waals surface area contributed by atoms with Crippen molar-refractivity contribution in [2.45, 2.75) is 34.2 Å². The molecule has 0 aliphatic heterocycles. The summed E-state index contributed by atoms with van der Waals surface area (Å²) in [5.74, 6) is 0.543. The third-order valence-electron chi connectivity index (χ3n) is 5.43. The highest BCUT2D eigenvalue weighted by molar-refractivity contribution is 7.71. The molecule has 0 atom stereocenters. The largest absolute Gasteiger partial charge is 0.324 e. The highest BCUT2D eigenvalue weighted by atomic mass is 32.1. The fraction of sp³-hybridized carbons (Fsp3) is 0.192. The number of carbonyl (C=O) groups excluding carboxylic acids is 1. The highest BCUT2D eigenvalue weighted by Crippen LogP contribution is 2.25. The van der Waals surface area contributed by atoms with Crippen LogP contribution in [-0.2, 0) is 11.3 Å². The summed E-state index contributed by atoms with van der Waals surface area (Å²) in [5, 5.41) is 7.75. The summed E-state index contributed by atoms with van der Waals surface area (Å²) in [7, 11) is 0. The Morgan fingerprint density at radius 2 is 1.59 bits per heavy atom. The van der Waals surface area contributed by atoms with E-state index in [-0.39, 0.29) is 12.5 Å². The van der Waals surface area contributed by atoms with Gasteiger partial charge in [0.25, 0.3) is 0 Å². The van der Waals surface area contributed by atoms with Gasteiger partial charge in [0.2, 0.25) is 10.7 Å². The molecular formula is C26H26N4OS. The molecule has 6 heteroatoms. The Morgan fingerprint density at radius 3 is 2.31 bits per heavy atom. The number of aromatic nitrogens is 3. The first-order valence-corrected chi connectivity index (χ1v) is 10.9. The molecular weight excluding hydrogens is 416 g/mol. The number of benzene rings is 3. The summed E-state index contributed by atoms with van der Waals surface area (Å²) in [5.41, 5.74) is 7.10. The number of rotatable bonds is 5. The normalized spacial score (nSPS) is 10.9. The van der Waals surface area contributed by atoms with Gasteiger partial charge in [0.15, 0.2) is 5.82 Å². The summed E-state index contributed by atoms with van der Waals surface area (Å²) in [6.07, 6.45) is 0. The van der Waals surface area contributed by atoms with Crippen molar-refractivity contribution in [3.05, 3.63) is 93.8 Å². The van der Waals surface area contributed by atoms with Crippen molar-refractivity contribution in [3.8, 4) is 17.1 Å². The summed E-state index contributed by atoms with van der Waals surface area (Å²) >= 11 is 5.81. The van der Waals surface area contributed by atoms with E-state index >= 15 is 0 Å². The standard InChI is InChI=1S/C26H26N4OS/c1-17-11-13-22(20(4)14-17)27-24(31)16-29-26(32)30(23-15-18(2)10-12-19(23)3)25(28-29)21-8-6-5-7-9-21/h5-15H,16H2,1-4H3,(H,27,31). The number of nitrogens with one attached hydrogen (secondary N) is 1. The molecule has 0 aliphatic rings. The molecule has 0 aliphatic carbocycles. The van der Waals surface area contributed by atoms with Crippen molar-refractivity contribution < 1.29 is 4.79 Å². The molecule has 3 aromatic carbocycles. The summed E-state index contributed by atoms with van der Waals surface area (Å²) in [4.78, 5) is 12.9. The van der Waals surface area contributed by atoms with E-state index < -0.39 is 0 Å². The van der Waals surface area contributed by atoms with Gasteiger partial charge in [0, 0.05) is 11.3 Å². The van der Waals surface area contributed by atoms with Crippen LogP contribution in [0, 0.1) is 32.5 Å². The molecule has 0 spiro atoms. The fourth-order valence-corrected chi connectivity index (χ4v) is 4.03. The molecule has 5 nitrogen and oxygen atoms in total. The zero-order valence-corrected chi connectivity index (χ0v) is 19.5. The molecule has 1 aromatic heterocycles. The summed E-state index contributed by atoms with van der Waals surface area (Å²) in [6, 6.07) is 22.1. The Balaban J connectivity index is 1.75. The second-order valence-electron chi connectivity index (χ2n) is 8.12. The molecule has 1 heterocycles. The number of hydrogen-bond donors (Lipinski definition) is 1. The third-order valence-corrected chi connectivity index (χ3v) is 5.82. The average molecular weight is 443 g/mol. The van der Waals surface area contributed by atoms with Crippen LogP contribution in [0.25, 0.3) is 17.1 Å². The van der Waals surface area contributed by atoms with Gasteiger partial charge in [0.05, 0.1) is 5.69 Å². The Hall–Kier alpha value is -3.51. The quantitative estimate of drug-likeness (QED) is 0.389. The van der Waals surface area contributed by atoms with Crippen LogP contribution in [0.5, 0.6) is 0 Å². The average Bonchev–Trinajstić information content (AvgIpc) is 3.08. The summed E-state index contributed by atoms with van der Waals surface area (Å²) in [6.45, 7) is 8.15. The maximum Gasteiger partial charge on any atom is 0.246 e. The first-order chi connectivity index (χ1) is 15.3. The Labute approximate surface area is 193 Å². The number of carbonyl (C=O) groups is 1. The fourth-order valence-electron chi connectivity index (χ4n) is 3.74. The van der Waals surface area contributed by atoms with Gasteiger partial charge in [-0.25, -0.2) is 4.68 Å². The van der Waals surface area contributed by atoms with Gasteiger partial charge in [-0.3, -0.25) is 9.36 Å². The molecule has 4 rings (SSSR count). The van der Waals surface area contributed by atoms with E-state index in [0.29, 0.717) is 10.6 Å². The van der Waals surface area contributed by atoms with Crippen LogP contribution < -0.4 is 5.32 Å². The lowest BCUT2D eigenvalue weighted by Crippen LogP contribution is -2.20. The molecule has 1 amide bonds. The minimum absolute atomic E-state index is 0.0316. The molecule has 0 radical (unpaired) electrons. The minimum Gasteiger partial charge on any atom is -0.324 e. The lowest BCUT2D eigenvalue weighted by Gasteiger charge is -2.11. The zero-order valence-electron chi connectivity index (χ0n) is 18.7. The van der Waals surface area contributed by atoms with E-state index in [0.717, 1.165) is 39.2 Å². The Kier molecular flexibility index (Phi) is 6.06. The topological polar surface area (TPSA) is 51.9 Å². The molecule has 0 bridgehead atoms. The van der Waals surface area contributed by atoms with Crippen LogP contribution in [-0.4, -0.2) is 20.3 Å². The van der Waals surface area contributed by atoms with Gasteiger partial charge in [-0.1, -0.05) is 60.2 Å². The van der Waals surface area contributed by atoms with Crippen molar-refractivity contribution in [2.75, 3.05) is 5.32 Å². The van der Waals surface area contributed by atoms with Crippen LogP contribution >= 0.6 is 12.2 Å². The number of hydrogen-bond acceptors (Lipinski definition) is 3. The molecule has 4 aromatic rings. The second kappa shape index (κ2) is 8.93. The highest BCUT2D eigenvalue weighted by Gasteiger charge is 2.18. The predicted molar refractivity (Wildman–Crippen MR) is 132 cm³/mol. The van der Waals surface area contributed by atoms with E-state index in [4.69, 9.17) is 17.3 Å². The number of anilines is 1. The van der Waals surface area contributed by atoms with Gasteiger partial charge < -0.3 is 5.32 Å². The number of nitrogens with zero attached hydrogens (tertiary/aromatic N) is 3. The molecule has 1 N–H and O–H groups in total. The molecule has 162 valence electrons. The van der Waals surface area contributed by atoms with Crippen LogP contribution in [0.4, 0.5) is 5.69 Å². The Bertz CT molecular complexity index is 1350. The molecule has 0 fully saturated rings. The minimum atomic E-state index is -0.168. The molecule has 0 saturated heterocycles. The predicted octanol–water partition coefficient (Wildman–Crippen LogP) is 5.94. The first kappa shape index (κ1) is 21.7. The maximum atomic E-state index is 12.9. The third kappa shape index (κ3) is 4.41. The van der Waals surface area contributed by atoms with Crippen molar-refractivity contribution in [3.63, 3.8) is 0 Å². The lowest BCUT2D eigenvalue weighted by atomic mass is 10.1. The number of aryl methyl sites for hydroxylation is 4. The van der Waals surface area contributed by atoms with Crippen molar-refractivity contribution in [1.82, 2.24) is 14.3 Å². The van der Waals surface area contributed by atoms with Crippen molar-refractivity contribution >= 4 is 23.8 Å². The van der Waals surface area contributed by atoms with Crippen LogP contribution in [0.15, 0.2) is 66.7 Å². The van der Waals surface area contributed by atoms with Gasteiger partial charge in [0.1, 0.15) is 6.54 Å². The van der Waals surface area contributed by atoms with Gasteiger partial charge in [-0.05, 0) is 68.7 Å². The molecule has 0 saturated carbocycles. The summed E-state index contributed by atoms with van der Waals surface area (Å²) < 4.78 is 4.03. The molecule has 32 heavy (non-hydrogen) atoms. The van der Waals surface area contributed by atoms with Gasteiger partial charge in [-0.15, -0.1) is 0 Å². The number of amides is 1. The van der Waals surface area contributed by atoms with Gasteiger partial charge >= 0.3 is 0 Å². The van der Waals surface area contributed by atoms with Crippen LogP contribution in [0.3, 0.4) is 0 Å². The van der Waals surface area contributed by atoms with Crippen molar-refractivity contribution in [1.29, 1.82) is 0 Å². The second-order valence-corrected chi connectivity index (χ2v) is 8.49. The zero-order chi connectivity index (χ0) is 22.8. The smallest absolute Gasteiger partial charge is 0.246 e. The first-order valence-electron chi connectivity index (χ1n) is 10.5.